The van der Waals surface area contributed by atoms with Crippen LogP contribution in [0.5, 0.6) is 11.5 Å². The Morgan fingerprint density at radius 1 is 1.16 bits per heavy atom. The molecule has 0 bridgehead atoms. The fourth-order valence-corrected chi connectivity index (χ4v) is 3.77. The molecule has 0 aromatic heterocycles. The number of benzene rings is 2. The van der Waals surface area contributed by atoms with Crippen molar-refractivity contribution in [3.8, 4) is 11.5 Å². The van der Waals surface area contributed by atoms with Crippen LogP contribution in [0.15, 0.2) is 42.1 Å². The molecule has 32 heavy (non-hydrogen) atoms. The summed E-state index contributed by atoms with van der Waals surface area (Å²) < 4.78 is 17.1. The van der Waals surface area contributed by atoms with Gasteiger partial charge in [0, 0.05) is 0 Å². The van der Waals surface area contributed by atoms with Gasteiger partial charge in [-0.05, 0) is 65.8 Å². The molecule has 1 aliphatic rings. The first-order chi connectivity index (χ1) is 15.3. The molecule has 8 nitrogen and oxygen atoms in total. The number of hydrogen-bond donors (Lipinski definition) is 1. The number of carbonyl (C=O) groups excluding carboxylic acids is 3. The number of methoxy groups -OCH3 is 1. The first-order valence-corrected chi connectivity index (χ1v) is 11.0. The Balaban J connectivity index is 1.83. The molecule has 0 aliphatic carbocycles. The third-order valence-electron chi connectivity index (χ3n) is 4.62. The quantitative estimate of drug-likeness (QED) is 0.234. The number of amides is 3. The lowest BCUT2D eigenvalue weighted by molar-refractivity contribution is -0.143. The number of nitrogens with zero attached hydrogens (tertiary/aromatic N) is 1. The van der Waals surface area contributed by atoms with E-state index in [2.05, 4.69) is 32.6 Å². The minimum atomic E-state index is -0.682. The van der Waals surface area contributed by atoms with Gasteiger partial charge in [-0.1, -0.05) is 29.8 Å². The van der Waals surface area contributed by atoms with Crippen LogP contribution in [0.3, 0.4) is 0 Å². The average Bonchev–Trinajstić information content (AvgIpc) is 3.01. The fraction of sp³-hybridized carbons (Fsp3) is 0.261. The average molecular weight is 550 g/mol. The van der Waals surface area contributed by atoms with Crippen LogP contribution in [0.25, 0.3) is 6.08 Å². The molecule has 168 valence electrons. The summed E-state index contributed by atoms with van der Waals surface area (Å²) in [5.74, 6) is -0.156. The van der Waals surface area contributed by atoms with Crippen LogP contribution in [0, 0.1) is 10.5 Å². The topological polar surface area (TPSA) is 94.2 Å². The van der Waals surface area contributed by atoms with Crippen LogP contribution >= 0.6 is 22.6 Å². The highest BCUT2D eigenvalue weighted by molar-refractivity contribution is 14.1. The maximum atomic E-state index is 12.5. The van der Waals surface area contributed by atoms with Gasteiger partial charge in [-0.3, -0.25) is 9.59 Å². The molecule has 2 aromatic rings. The standard InChI is InChI=1S/C23H23IN2O6/c1-4-31-19-11-16(10-18-22(28)26(23(29)25-18)12-20(27)30-3)9-17(24)21(19)32-13-15-7-5-14(2)6-8-15/h5-11H,4,12-13H2,1-3H3,(H,25,29)/b18-10+. The second-order valence-corrected chi connectivity index (χ2v) is 8.16. The van der Waals surface area contributed by atoms with Crippen LogP contribution < -0.4 is 14.8 Å². The highest BCUT2D eigenvalue weighted by Crippen LogP contribution is 2.35. The van der Waals surface area contributed by atoms with E-state index in [1.54, 1.807) is 6.07 Å². The number of hydrogen-bond acceptors (Lipinski definition) is 6. The molecular weight excluding hydrogens is 527 g/mol. The molecule has 1 heterocycles. The minimum Gasteiger partial charge on any atom is -0.490 e. The van der Waals surface area contributed by atoms with E-state index in [9.17, 15) is 14.4 Å². The zero-order valence-electron chi connectivity index (χ0n) is 17.9. The Kier molecular flexibility index (Phi) is 7.73. The second-order valence-electron chi connectivity index (χ2n) is 6.99. The van der Waals surface area contributed by atoms with Crippen LogP contribution in [-0.2, 0) is 20.9 Å². The number of nitrogens with one attached hydrogen (secondary N) is 1. The third kappa shape index (κ3) is 5.58. The lowest BCUT2D eigenvalue weighted by Gasteiger charge is -2.15. The summed E-state index contributed by atoms with van der Waals surface area (Å²) in [5, 5.41) is 2.48. The smallest absolute Gasteiger partial charge is 0.329 e. The molecule has 3 amide bonds. The van der Waals surface area contributed by atoms with Gasteiger partial charge in [0.1, 0.15) is 18.8 Å². The molecule has 1 N–H and O–H groups in total. The van der Waals surface area contributed by atoms with Gasteiger partial charge < -0.3 is 19.5 Å². The first-order valence-electron chi connectivity index (χ1n) is 9.88. The van der Waals surface area contributed by atoms with E-state index in [1.165, 1.54) is 18.7 Å². The van der Waals surface area contributed by atoms with Crippen molar-refractivity contribution in [2.75, 3.05) is 20.3 Å². The molecule has 1 aliphatic heterocycles. The van der Waals surface area contributed by atoms with Crippen molar-refractivity contribution >= 4 is 46.6 Å². The van der Waals surface area contributed by atoms with Crippen molar-refractivity contribution < 1.29 is 28.6 Å². The summed E-state index contributed by atoms with van der Waals surface area (Å²) in [4.78, 5) is 36.8. The van der Waals surface area contributed by atoms with E-state index in [4.69, 9.17) is 9.47 Å². The van der Waals surface area contributed by atoms with Crippen molar-refractivity contribution in [2.45, 2.75) is 20.5 Å². The van der Waals surface area contributed by atoms with Gasteiger partial charge in [0.15, 0.2) is 11.5 Å². The van der Waals surface area contributed by atoms with E-state index in [0.717, 1.165) is 14.0 Å². The SMILES string of the molecule is CCOc1cc(/C=C2/NC(=O)N(CC(=O)OC)C2=O)cc(I)c1OCc1ccc(C)cc1. The number of ether oxygens (including phenoxy) is 3. The van der Waals surface area contributed by atoms with Gasteiger partial charge in [0.05, 0.1) is 17.3 Å². The van der Waals surface area contributed by atoms with E-state index in [0.29, 0.717) is 30.3 Å². The zero-order chi connectivity index (χ0) is 23.3. The van der Waals surface area contributed by atoms with Crippen molar-refractivity contribution in [3.05, 3.63) is 62.4 Å². The highest BCUT2D eigenvalue weighted by Gasteiger charge is 2.35. The number of urea groups is 1. The predicted octanol–water partition coefficient (Wildman–Crippen LogP) is 3.64. The number of rotatable bonds is 8. The van der Waals surface area contributed by atoms with Crippen LogP contribution in [0.4, 0.5) is 4.79 Å². The lowest BCUT2D eigenvalue weighted by atomic mass is 10.1. The predicted molar refractivity (Wildman–Crippen MR) is 126 cm³/mol. The number of carbonyl (C=O) groups is 3. The normalized spacial score (nSPS) is 14.5. The minimum absolute atomic E-state index is 0.0606. The van der Waals surface area contributed by atoms with Gasteiger partial charge in [-0.15, -0.1) is 0 Å². The van der Waals surface area contributed by atoms with E-state index >= 15 is 0 Å². The molecule has 1 fully saturated rings. The Morgan fingerprint density at radius 2 is 1.88 bits per heavy atom. The molecule has 9 heteroatoms. The third-order valence-corrected chi connectivity index (χ3v) is 5.42. The Morgan fingerprint density at radius 3 is 2.53 bits per heavy atom. The maximum Gasteiger partial charge on any atom is 0.329 e. The number of halogens is 1. The van der Waals surface area contributed by atoms with E-state index < -0.39 is 24.5 Å². The summed E-state index contributed by atoms with van der Waals surface area (Å²) in [7, 11) is 1.19. The Hall–Kier alpha value is -3.08. The summed E-state index contributed by atoms with van der Waals surface area (Å²) in [6, 6.07) is 11.0. The van der Waals surface area contributed by atoms with E-state index in [1.807, 2.05) is 44.2 Å². The molecule has 3 rings (SSSR count). The summed E-state index contributed by atoms with van der Waals surface area (Å²) >= 11 is 2.14. The molecular formula is C23H23IN2O6. The molecule has 0 unspecified atom stereocenters. The highest BCUT2D eigenvalue weighted by atomic mass is 127. The number of imide groups is 1. The van der Waals surface area contributed by atoms with Gasteiger partial charge in [-0.25, -0.2) is 9.69 Å². The second kappa shape index (κ2) is 10.5. The Labute approximate surface area is 199 Å². The first kappa shape index (κ1) is 23.6. The lowest BCUT2D eigenvalue weighted by Crippen LogP contribution is -2.36. The number of esters is 1. The number of aryl methyl sites for hydroxylation is 1. The molecule has 0 radical (unpaired) electrons. The van der Waals surface area contributed by atoms with Crippen molar-refractivity contribution in [3.63, 3.8) is 0 Å². The van der Waals surface area contributed by atoms with Gasteiger partial charge in [0.25, 0.3) is 5.91 Å². The van der Waals surface area contributed by atoms with Gasteiger partial charge >= 0.3 is 12.0 Å². The largest absolute Gasteiger partial charge is 0.490 e. The van der Waals surface area contributed by atoms with Crippen LogP contribution in [0.1, 0.15) is 23.6 Å². The van der Waals surface area contributed by atoms with Gasteiger partial charge in [0.2, 0.25) is 0 Å². The monoisotopic (exact) mass is 550 g/mol. The molecule has 1 saturated heterocycles. The fourth-order valence-electron chi connectivity index (χ4n) is 2.99. The van der Waals surface area contributed by atoms with Crippen LogP contribution in [0.2, 0.25) is 0 Å². The van der Waals surface area contributed by atoms with E-state index in [-0.39, 0.29) is 5.70 Å². The molecule has 0 atom stereocenters. The van der Waals surface area contributed by atoms with Crippen LogP contribution in [-0.4, -0.2) is 43.1 Å². The summed E-state index contributed by atoms with van der Waals surface area (Å²) in [5.41, 5.74) is 2.91. The van der Waals surface area contributed by atoms with Crippen molar-refractivity contribution in [2.24, 2.45) is 0 Å². The zero-order valence-corrected chi connectivity index (χ0v) is 20.1. The summed E-state index contributed by atoms with van der Waals surface area (Å²) in [6.07, 6.45) is 1.53. The van der Waals surface area contributed by atoms with Gasteiger partial charge in [-0.2, -0.15) is 0 Å². The summed E-state index contributed by atoms with van der Waals surface area (Å²) in [6.45, 7) is 4.26. The van der Waals surface area contributed by atoms with Crippen molar-refractivity contribution in [1.29, 1.82) is 0 Å². The molecule has 2 aromatic carbocycles. The van der Waals surface area contributed by atoms with Crippen molar-refractivity contribution in [1.82, 2.24) is 10.2 Å². The molecule has 0 saturated carbocycles. The maximum absolute atomic E-state index is 12.5. The Bertz CT molecular complexity index is 1060. The molecule has 0 spiro atoms.